The summed E-state index contributed by atoms with van der Waals surface area (Å²) in [6.07, 6.45) is 1.94. The first-order valence-electron chi connectivity index (χ1n) is 5.20. The zero-order valence-electron chi connectivity index (χ0n) is 8.95. The summed E-state index contributed by atoms with van der Waals surface area (Å²) in [6, 6.07) is 0. The van der Waals surface area contributed by atoms with Crippen molar-refractivity contribution >= 4 is 18.7 Å². The quantitative estimate of drug-likeness (QED) is 0.715. The van der Waals surface area contributed by atoms with E-state index in [1.807, 2.05) is 0 Å². The second-order valence-electron chi connectivity index (χ2n) is 3.90. The van der Waals surface area contributed by atoms with Crippen molar-refractivity contribution in [3.8, 4) is 0 Å². The van der Waals surface area contributed by atoms with E-state index in [4.69, 9.17) is 4.74 Å². The average molecular weight is 217 g/mol. The minimum atomic E-state index is -0.168. The second-order valence-corrected chi connectivity index (χ2v) is 4.22. The number of rotatable bonds is 5. The van der Waals surface area contributed by atoms with Gasteiger partial charge in [-0.05, 0) is 24.0 Å². The number of carbonyl (C=O) groups excluding carboxylic acids is 1. The number of carbonyl (C=O) groups is 1. The van der Waals surface area contributed by atoms with Crippen LogP contribution < -0.4 is 0 Å². The van der Waals surface area contributed by atoms with Crippen LogP contribution >= 0.6 is 12.6 Å². The van der Waals surface area contributed by atoms with Crippen LogP contribution in [-0.2, 0) is 4.74 Å². The highest BCUT2D eigenvalue weighted by atomic mass is 32.1. The lowest BCUT2D eigenvalue weighted by molar-refractivity contribution is 0.140. The van der Waals surface area contributed by atoms with Crippen LogP contribution in [0.4, 0.5) is 4.79 Å². The van der Waals surface area contributed by atoms with E-state index in [2.05, 4.69) is 26.5 Å². The van der Waals surface area contributed by atoms with Crippen LogP contribution in [0.5, 0.6) is 0 Å². The predicted octanol–water partition coefficient (Wildman–Crippen LogP) is 2.17. The highest BCUT2D eigenvalue weighted by Crippen LogP contribution is 2.29. The minimum Gasteiger partial charge on any atom is -0.448 e. The zero-order chi connectivity index (χ0) is 10.6. The molecule has 82 valence electrons. The fourth-order valence-corrected chi connectivity index (χ4v) is 2.27. The molecule has 0 atom stereocenters. The van der Waals surface area contributed by atoms with Gasteiger partial charge in [0.1, 0.15) is 6.61 Å². The van der Waals surface area contributed by atoms with Gasteiger partial charge in [0.25, 0.3) is 0 Å². The SMILES string of the molecule is CCC(CC)(CS)CN1CCOC1=O. The van der Waals surface area contributed by atoms with Crippen LogP contribution in [0.3, 0.4) is 0 Å². The van der Waals surface area contributed by atoms with Gasteiger partial charge in [-0.1, -0.05) is 13.8 Å². The molecule has 1 aliphatic rings. The van der Waals surface area contributed by atoms with E-state index in [0.717, 1.165) is 31.7 Å². The van der Waals surface area contributed by atoms with Gasteiger partial charge >= 0.3 is 6.09 Å². The van der Waals surface area contributed by atoms with Crippen LogP contribution in [0.25, 0.3) is 0 Å². The van der Waals surface area contributed by atoms with Crippen molar-refractivity contribution in [2.24, 2.45) is 5.41 Å². The molecule has 1 rings (SSSR count). The summed E-state index contributed by atoms with van der Waals surface area (Å²) in [7, 11) is 0. The molecule has 1 heterocycles. The molecule has 0 aromatic heterocycles. The van der Waals surface area contributed by atoms with Crippen LogP contribution in [0, 0.1) is 5.41 Å². The Kier molecular flexibility index (Phi) is 4.11. The zero-order valence-corrected chi connectivity index (χ0v) is 9.85. The fraction of sp³-hybridized carbons (Fsp3) is 0.900. The largest absolute Gasteiger partial charge is 0.448 e. The highest BCUT2D eigenvalue weighted by molar-refractivity contribution is 7.80. The summed E-state index contributed by atoms with van der Waals surface area (Å²) < 4.78 is 4.91. The van der Waals surface area contributed by atoms with E-state index in [1.54, 1.807) is 4.90 Å². The molecule has 0 unspecified atom stereocenters. The van der Waals surface area contributed by atoms with Gasteiger partial charge in [-0.3, -0.25) is 0 Å². The monoisotopic (exact) mass is 217 g/mol. The second kappa shape index (κ2) is 4.91. The van der Waals surface area contributed by atoms with Crippen molar-refractivity contribution in [2.45, 2.75) is 26.7 Å². The molecular formula is C10H19NO2S. The van der Waals surface area contributed by atoms with Gasteiger partial charge in [0, 0.05) is 6.54 Å². The molecule has 3 nitrogen and oxygen atoms in total. The van der Waals surface area contributed by atoms with Gasteiger partial charge in [0.15, 0.2) is 0 Å². The summed E-state index contributed by atoms with van der Waals surface area (Å²) in [5.74, 6) is 0.823. The summed E-state index contributed by atoms with van der Waals surface area (Å²) in [4.78, 5) is 13.1. The Morgan fingerprint density at radius 3 is 2.50 bits per heavy atom. The summed E-state index contributed by atoms with van der Waals surface area (Å²) >= 11 is 4.38. The molecule has 0 spiro atoms. The molecule has 0 saturated carbocycles. The van der Waals surface area contributed by atoms with Gasteiger partial charge in [0.2, 0.25) is 0 Å². The first-order chi connectivity index (χ1) is 6.67. The lowest BCUT2D eigenvalue weighted by Gasteiger charge is -2.33. The summed E-state index contributed by atoms with van der Waals surface area (Å²) in [5, 5.41) is 0. The van der Waals surface area contributed by atoms with Crippen molar-refractivity contribution in [2.75, 3.05) is 25.4 Å². The van der Waals surface area contributed by atoms with E-state index in [1.165, 1.54) is 0 Å². The number of nitrogens with zero attached hydrogens (tertiary/aromatic N) is 1. The van der Waals surface area contributed by atoms with E-state index >= 15 is 0 Å². The summed E-state index contributed by atoms with van der Waals surface area (Å²) in [6.45, 7) is 6.36. The maximum atomic E-state index is 11.3. The normalized spacial score (nSPS) is 17.4. The molecule has 1 fully saturated rings. The molecule has 4 heteroatoms. The molecule has 0 bridgehead atoms. The summed E-state index contributed by atoms with van der Waals surface area (Å²) in [5.41, 5.74) is 0.159. The number of ether oxygens (including phenoxy) is 1. The van der Waals surface area contributed by atoms with E-state index in [0.29, 0.717) is 6.61 Å². The first kappa shape index (κ1) is 11.7. The third-order valence-corrected chi connectivity index (χ3v) is 3.88. The third-order valence-electron chi connectivity index (χ3n) is 3.21. The molecule has 0 aliphatic carbocycles. The molecule has 1 aliphatic heterocycles. The molecule has 0 aromatic carbocycles. The van der Waals surface area contributed by atoms with E-state index < -0.39 is 0 Å². The van der Waals surface area contributed by atoms with Gasteiger partial charge in [-0.2, -0.15) is 12.6 Å². The molecule has 14 heavy (non-hydrogen) atoms. The maximum Gasteiger partial charge on any atom is 0.409 e. The minimum absolute atomic E-state index is 0.159. The molecule has 0 N–H and O–H groups in total. The third kappa shape index (κ3) is 2.35. The van der Waals surface area contributed by atoms with Crippen LogP contribution in [0.1, 0.15) is 26.7 Å². The number of hydrogen-bond donors (Lipinski definition) is 1. The maximum absolute atomic E-state index is 11.3. The number of thiol groups is 1. The number of amides is 1. The van der Waals surface area contributed by atoms with Crippen molar-refractivity contribution in [1.82, 2.24) is 4.90 Å². The predicted molar refractivity (Wildman–Crippen MR) is 59.8 cm³/mol. The fourth-order valence-electron chi connectivity index (χ4n) is 1.72. The van der Waals surface area contributed by atoms with Gasteiger partial charge in [-0.25, -0.2) is 4.79 Å². The van der Waals surface area contributed by atoms with Gasteiger partial charge in [0.05, 0.1) is 6.54 Å². The molecule has 1 saturated heterocycles. The Morgan fingerprint density at radius 2 is 2.14 bits per heavy atom. The molecule has 1 amide bonds. The topological polar surface area (TPSA) is 29.5 Å². The lowest BCUT2D eigenvalue weighted by Crippen LogP contribution is -2.39. The van der Waals surface area contributed by atoms with Crippen LogP contribution in [0.15, 0.2) is 0 Å². The van der Waals surface area contributed by atoms with E-state index in [-0.39, 0.29) is 11.5 Å². The Labute approximate surface area is 91.2 Å². The Balaban J connectivity index is 2.58. The number of cyclic esters (lactones) is 1. The van der Waals surface area contributed by atoms with Gasteiger partial charge in [-0.15, -0.1) is 0 Å². The van der Waals surface area contributed by atoms with Crippen molar-refractivity contribution < 1.29 is 9.53 Å². The standard InChI is InChI=1S/C10H19NO2S/c1-3-10(4-2,8-14)7-11-5-6-13-9(11)12/h14H,3-8H2,1-2H3. The Bertz CT molecular complexity index is 196. The lowest BCUT2D eigenvalue weighted by atomic mass is 9.84. The average Bonchev–Trinajstić information content (AvgIpc) is 2.61. The van der Waals surface area contributed by atoms with E-state index in [9.17, 15) is 4.79 Å². The van der Waals surface area contributed by atoms with Crippen molar-refractivity contribution in [3.05, 3.63) is 0 Å². The molecular weight excluding hydrogens is 198 g/mol. The van der Waals surface area contributed by atoms with Crippen molar-refractivity contribution in [1.29, 1.82) is 0 Å². The highest BCUT2D eigenvalue weighted by Gasteiger charge is 2.32. The van der Waals surface area contributed by atoms with Crippen molar-refractivity contribution in [3.63, 3.8) is 0 Å². The smallest absolute Gasteiger partial charge is 0.409 e. The Morgan fingerprint density at radius 1 is 1.50 bits per heavy atom. The molecule has 0 radical (unpaired) electrons. The van der Waals surface area contributed by atoms with Crippen LogP contribution in [-0.4, -0.2) is 36.4 Å². The van der Waals surface area contributed by atoms with Crippen LogP contribution in [0.2, 0.25) is 0 Å². The number of hydrogen-bond acceptors (Lipinski definition) is 3. The Hall–Kier alpha value is -0.380. The first-order valence-corrected chi connectivity index (χ1v) is 5.83. The van der Waals surface area contributed by atoms with Gasteiger partial charge < -0.3 is 9.64 Å². The molecule has 0 aromatic rings.